The molecule has 0 spiro atoms. The Morgan fingerprint density at radius 3 is 2.86 bits per heavy atom. The minimum absolute atomic E-state index is 0.0272. The molecule has 1 heterocycles. The molecule has 0 radical (unpaired) electrons. The van der Waals surface area contributed by atoms with Gasteiger partial charge in [0, 0.05) is 26.7 Å². The first-order valence-electron chi connectivity index (χ1n) is 6.17. The summed E-state index contributed by atoms with van der Waals surface area (Å²) in [4.78, 5) is -0.270. The number of nitrogen functional groups attached to an aromatic ring is 1. The van der Waals surface area contributed by atoms with E-state index in [9.17, 15) is 12.8 Å². The first kappa shape index (κ1) is 16.4. The Balaban J connectivity index is 2.21. The van der Waals surface area contributed by atoms with E-state index in [1.807, 2.05) is 0 Å². The molecule has 1 aromatic rings. The minimum atomic E-state index is -3.93. The molecule has 0 bridgehead atoms. The van der Waals surface area contributed by atoms with Crippen molar-refractivity contribution in [3.63, 3.8) is 0 Å². The largest absolute Gasteiger partial charge is 0.396 e. The Hall–Kier alpha value is -0.930. The van der Waals surface area contributed by atoms with Crippen LogP contribution in [0.2, 0.25) is 5.02 Å². The van der Waals surface area contributed by atoms with E-state index in [0.717, 1.165) is 12.1 Å². The molecule has 1 unspecified atom stereocenters. The summed E-state index contributed by atoms with van der Waals surface area (Å²) in [5.41, 5.74) is 4.40. The standard InChI is InChI=1S/C12H16ClFN2O4S/c1-19-12(2-3-20-7-12)6-16-21(17,18)11-5-10(15)9(14)4-8(11)13/h4-5,16H,2-3,6-7,15H2,1H3. The molecule has 0 aromatic heterocycles. The first-order valence-corrected chi connectivity index (χ1v) is 8.03. The van der Waals surface area contributed by atoms with Crippen molar-refractivity contribution in [2.45, 2.75) is 16.9 Å². The second kappa shape index (κ2) is 6.05. The molecule has 0 saturated carbocycles. The second-order valence-electron chi connectivity index (χ2n) is 4.82. The lowest BCUT2D eigenvalue weighted by molar-refractivity contribution is -0.0120. The molecular formula is C12H16ClFN2O4S. The van der Waals surface area contributed by atoms with Crippen molar-refractivity contribution >= 4 is 27.3 Å². The third-order valence-corrected chi connectivity index (χ3v) is 5.29. The molecule has 21 heavy (non-hydrogen) atoms. The number of ether oxygens (including phenoxy) is 2. The van der Waals surface area contributed by atoms with Gasteiger partial charge in [-0.15, -0.1) is 0 Å². The van der Waals surface area contributed by atoms with Crippen LogP contribution < -0.4 is 10.5 Å². The normalized spacial score (nSPS) is 22.6. The molecule has 1 atom stereocenters. The van der Waals surface area contributed by atoms with Gasteiger partial charge in [-0.05, 0) is 12.1 Å². The third kappa shape index (κ3) is 3.46. The highest BCUT2D eigenvalue weighted by atomic mass is 35.5. The molecule has 0 aliphatic carbocycles. The predicted molar refractivity (Wildman–Crippen MR) is 76.2 cm³/mol. The fourth-order valence-electron chi connectivity index (χ4n) is 2.02. The number of benzene rings is 1. The molecule has 1 saturated heterocycles. The second-order valence-corrected chi connectivity index (χ2v) is 6.96. The number of methoxy groups -OCH3 is 1. The van der Waals surface area contributed by atoms with Crippen LogP contribution >= 0.6 is 11.6 Å². The molecule has 1 aromatic carbocycles. The molecule has 118 valence electrons. The summed E-state index contributed by atoms with van der Waals surface area (Å²) in [7, 11) is -2.44. The van der Waals surface area contributed by atoms with E-state index in [1.54, 1.807) is 0 Å². The Labute approximate surface area is 127 Å². The lowest BCUT2D eigenvalue weighted by Crippen LogP contribution is -2.45. The molecule has 2 rings (SSSR count). The molecule has 1 aliphatic heterocycles. The molecule has 6 nitrogen and oxygen atoms in total. The fourth-order valence-corrected chi connectivity index (χ4v) is 3.68. The van der Waals surface area contributed by atoms with Gasteiger partial charge in [0.2, 0.25) is 10.0 Å². The first-order chi connectivity index (χ1) is 9.80. The Bertz CT molecular complexity index is 632. The van der Waals surface area contributed by atoms with Gasteiger partial charge in [0.25, 0.3) is 0 Å². The van der Waals surface area contributed by atoms with Crippen molar-refractivity contribution in [1.29, 1.82) is 0 Å². The zero-order valence-corrected chi connectivity index (χ0v) is 12.9. The molecule has 0 amide bonds. The van der Waals surface area contributed by atoms with Crippen molar-refractivity contribution in [3.05, 3.63) is 23.0 Å². The molecule has 3 N–H and O–H groups in total. The van der Waals surface area contributed by atoms with Gasteiger partial charge in [-0.3, -0.25) is 0 Å². The van der Waals surface area contributed by atoms with E-state index in [1.165, 1.54) is 7.11 Å². The van der Waals surface area contributed by atoms with Crippen LogP contribution in [0.1, 0.15) is 6.42 Å². The summed E-state index contributed by atoms with van der Waals surface area (Å²) in [6, 6.07) is 1.86. The molecule has 9 heteroatoms. The Morgan fingerprint density at radius 2 is 2.29 bits per heavy atom. The van der Waals surface area contributed by atoms with Gasteiger partial charge in [-0.25, -0.2) is 17.5 Å². The van der Waals surface area contributed by atoms with Gasteiger partial charge in [0.05, 0.1) is 17.3 Å². The smallest absolute Gasteiger partial charge is 0.242 e. The van der Waals surface area contributed by atoms with Gasteiger partial charge < -0.3 is 15.2 Å². The van der Waals surface area contributed by atoms with Crippen molar-refractivity contribution in [1.82, 2.24) is 4.72 Å². The zero-order chi connectivity index (χ0) is 15.7. The van der Waals surface area contributed by atoms with Crippen LogP contribution in [0.25, 0.3) is 0 Å². The quantitative estimate of drug-likeness (QED) is 0.786. The number of nitrogens with two attached hydrogens (primary N) is 1. The van der Waals surface area contributed by atoms with Gasteiger partial charge >= 0.3 is 0 Å². The summed E-state index contributed by atoms with van der Waals surface area (Å²) >= 11 is 5.78. The Kier molecular flexibility index (Phi) is 4.74. The van der Waals surface area contributed by atoms with Crippen molar-refractivity contribution in [2.75, 3.05) is 32.6 Å². The highest BCUT2D eigenvalue weighted by molar-refractivity contribution is 7.89. The maximum atomic E-state index is 13.2. The van der Waals surface area contributed by atoms with E-state index in [0.29, 0.717) is 19.6 Å². The molecule has 1 aliphatic rings. The third-order valence-electron chi connectivity index (χ3n) is 3.43. The average Bonchev–Trinajstić information content (AvgIpc) is 2.90. The van der Waals surface area contributed by atoms with E-state index >= 15 is 0 Å². The number of hydrogen-bond donors (Lipinski definition) is 2. The number of nitrogens with one attached hydrogen (secondary N) is 1. The zero-order valence-electron chi connectivity index (χ0n) is 11.4. The van der Waals surface area contributed by atoms with Crippen molar-refractivity contribution in [3.8, 4) is 0 Å². The Morgan fingerprint density at radius 1 is 1.57 bits per heavy atom. The minimum Gasteiger partial charge on any atom is -0.396 e. The predicted octanol–water partition coefficient (Wildman–Crippen LogP) is 1.15. The number of halogens is 2. The SMILES string of the molecule is COC1(CNS(=O)(=O)c2cc(N)c(F)cc2Cl)CCOC1. The van der Waals surface area contributed by atoms with Crippen LogP contribution in [-0.2, 0) is 19.5 Å². The highest BCUT2D eigenvalue weighted by Gasteiger charge is 2.36. The number of rotatable bonds is 5. The summed E-state index contributed by atoms with van der Waals surface area (Å²) in [5.74, 6) is -0.767. The van der Waals surface area contributed by atoms with Crippen LogP contribution in [0.15, 0.2) is 17.0 Å². The average molecular weight is 339 g/mol. The summed E-state index contributed by atoms with van der Waals surface area (Å²) in [6.07, 6.45) is 0.575. The van der Waals surface area contributed by atoms with Crippen LogP contribution in [0.5, 0.6) is 0 Å². The van der Waals surface area contributed by atoms with Crippen LogP contribution in [0.3, 0.4) is 0 Å². The highest BCUT2D eigenvalue weighted by Crippen LogP contribution is 2.27. The number of anilines is 1. The summed E-state index contributed by atoms with van der Waals surface area (Å²) in [5, 5.41) is -0.233. The van der Waals surface area contributed by atoms with E-state index in [2.05, 4.69) is 4.72 Å². The summed E-state index contributed by atoms with van der Waals surface area (Å²) in [6.45, 7) is 0.824. The van der Waals surface area contributed by atoms with E-state index in [4.69, 9.17) is 26.8 Å². The topological polar surface area (TPSA) is 90.7 Å². The van der Waals surface area contributed by atoms with E-state index < -0.39 is 21.4 Å². The summed E-state index contributed by atoms with van der Waals surface area (Å²) < 4.78 is 50.7. The van der Waals surface area contributed by atoms with Gasteiger partial charge in [-0.1, -0.05) is 11.6 Å². The van der Waals surface area contributed by atoms with E-state index in [-0.39, 0.29) is 22.2 Å². The maximum Gasteiger partial charge on any atom is 0.242 e. The molecule has 1 fully saturated rings. The maximum absolute atomic E-state index is 13.2. The lowest BCUT2D eigenvalue weighted by atomic mass is 10.0. The van der Waals surface area contributed by atoms with Crippen molar-refractivity contribution < 1.29 is 22.3 Å². The van der Waals surface area contributed by atoms with Crippen LogP contribution in [0.4, 0.5) is 10.1 Å². The lowest BCUT2D eigenvalue weighted by Gasteiger charge is -2.25. The van der Waals surface area contributed by atoms with Crippen molar-refractivity contribution in [2.24, 2.45) is 0 Å². The van der Waals surface area contributed by atoms with Gasteiger partial charge in [-0.2, -0.15) is 0 Å². The fraction of sp³-hybridized carbons (Fsp3) is 0.500. The molecular weight excluding hydrogens is 323 g/mol. The van der Waals surface area contributed by atoms with Crippen LogP contribution in [-0.4, -0.2) is 40.9 Å². The monoisotopic (exact) mass is 338 g/mol. The van der Waals surface area contributed by atoms with Gasteiger partial charge in [0.15, 0.2) is 0 Å². The number of sulfonamides is 1. The van der Waals surface area contributed by atoms with Crippen LogP contribution in [0, 0.1) is 5.82 Å². The number of hydrogen-bond acceptors (Lipinski definition) is 5. The van der Waals surface area contributed by atoms with Gasteiger partial charge in [0.1, 0.15) is 16.3 Å².